The maximum Gasteiger partial charge on any atom is 0.244 e. The van der Waals surface area contributed by atoms with Crippen molar-refractivity contribution in [1.82, 2.24) is 10.2 Å². The fraction of sp³-hybridized carbons (Fsp3) is 0.333. The molecule has 3 N–H and O–H groups in total. The summed E-state index contributed by atoms with van der Waals surface area (Å²) < 4.78 is 21.8. The molecule has 8 nitrogen and oxygen atoms in total. The van der Waals surface area contributed by atoms with Gasteiger partial charge in [-0.3, -0.25) is 5.10 Å². The van der Waals surface area contributed by atoms with Crippen molar-refractivity contribution in [2.24, 2.45) is 5.73 Å². The second kappa shape index (κ2) is 6.88. The van der Waals surface area contributed by atoms with Crippen LogP contribution in [0.4, 0.5) is 0 Å². The van der Waals surface area contributed by atoms with Gasteiger partial charge in [0.15, 0.2) is 11.5 Å². The minimum atomic E-state index is -0.453. The Balaban J connectivity index is 2.28. The van der Waals surface area contributed by atoms with Gasteiger partial charge in [0.05, 0.1) is 27.2 Å². The molecule has 8 heteroatoms. The van der Waals surface area contributed by atoms with Crippen molar-refractivity contribution >= 4 is 0 Å². The number of nitrogens with zero attached hydrogens (tertiary/aromatic N) is 2. The molecule has 3 rings (SSSR count). The Kier molecular flexibility index (Phi) is 4.63. The number of nitrogens with one attached hydrogen (secondary N) is 1. The Morgan fingerprint density at radius 2 is 1.88 bits per heavy atom. The van der Waals surface area contributed by atoms with Crippen LogP contribution in [-0.2, 0) is 6.42 Å². The molecule has 0 fully saturated rings. The van der Waals surface area contributed by atoms with Crippen LogP contribution in [0.2, 0.25) is 0 Å². The van der Waals surface area contributed by atoms with Crippen molar-refractivity contribution in [2.75, 3.05) is 21.3 Å². The number of allylic oxidation sites excluding steroid dienone is 1. The molecule has 1 aromatic carbocycles. The zero-order valence-corrected chi connectivity index (χ0v) is 15.0. The fourth-order valence-corrected chi connectivity index (χ4v) is 3.18. The Labute approximate surface area is 151 Å². The van der Waals surface area contributed by atoms with Crippen molar-refractivity contribution in [3.8, 4) is 29.2 Å². The number of methoxy groups -OCH3 is 3. The Morgan fingerprint density at radius 1 is 1.23 bits per heavy atom. The van der Waals surface area contributed by atoms with Gasteiger partial charge in [0.2, 0.25) is 17.5 Å². The van der Waals surface area contributed by atoms with Crippen molar-refractivity contribution < 1.29 is 18.9 Å². The van der Waals surface area contributed by atoms with Crippen LogP contribution in [0, 0.1) is 11.3 Å². The number of aryl methyl sites for hydroxylation is 1. The number of nitriles is 1. The Bertz CT molecular complexity index is 885. The monoisotopic (exact) mass is 356 g/mol. The van der Waals surface area contributed by atoms with Crippen molar-refractivity contribution in [3.05, 3.63) is 40.4 Å². The molecular weight excluding hydrogens is 336 g/mol. The van der Waals surface area contributed by atoms with E-state index in [1.165, 1.54) is 7.11 Å². The number of hydrogen-bond acceptors (Lipinski definition) is 7. The number of H-pyrrole nitrogens is 1. The topological polar surface area (TPSA) is 115 Å². The third-order valence-electron chi connectivity index (χ3n) is 4.39. The average Bonchev–Trinajstić information content (AvgIpc) is 3.07. The number of benzene rings is 1. The minimum absolute atomic E-state index is 0.0351. The lowest BCUT2D eigenvalue weighted by atomic mass is 9.83. The molecule has 0 amide bonds. The van der Waals surface area contributed by atoms with Gasteiger partial charge in [0.25, 0.3) is 0 Å². The van der Waals surface area contributed by atoms with E-state index in [4.69, 9.17) is 24.7 Å². The first-order chi connectivity index (χ1) is 12.6. The van der Waals surface area contributed by atoms with Gasteiger partial charge in [-0.1, -0.05) is 6.92 Å². The van der Waals surface area contributed by atoms with Crippen molar-refractivity contribution in [3.63, 3.8) is 0 Å². The van der Waals surface area contributed by atoms with Crippen LogP contribution >= 0.6 is 0 Å². The largest absolute Gasteiger partial charge is 0.493 e. The zero-order valence-electron chi connectivity index (χ0n) is 15.0. The molecule has 1 atom stereocenters. The molecule has 1 aliphatic rings. The van der Waals surface area contributed by atoms with Crippen LogP contribution in [-0.4, -0.2) is 31.5 Å². The first kappa shape index (κ1) is 17.5. The highest BCUT2D eigenvalue weighted by molar-refractivity contribution is 5.61. The number of fused-ring (bicyclic) bond motifs is 1. The quantitative estimate of drug-likeness (QED) is 0.844. The summed E-state index contributed by atoms with van der Waals surface area (Å²) in [5, 5.41) is 16.8. The third kappa shape index (κ3) is 2.58. The van der Waals surface area contributed by atoms with Gasteiger partial charge in [0.1, 0.15) is 11.6 Å². The molecule has 0 bridgehead atoms. The Morgan fingerprint density at radius 3 is 2.38 bits per heavy atom. The minimum Gasteiger partial charge on any atom is -0.493 e. The van der Waals surface area contributed by atoms with Crippen LogP contribution in [0.1, 0.15) is 29.7 Å². The lowest BCUT2D eigenvalue weighted by molar-refractivity contribution is 0.323. The molecular formula is C18H20N4O4. The number of hydrogen-bond donors (Lipinski definition) is 2. The summed E-state index contributed by atoms with van der Waals surface area (Å²) in [6, 6.07) is 5.77. The summed E-state index contributed by atoms with van der Waals surface area (Å²) in [5.74, 6) is 1.42. The molecule has 0 radical (unpaired) electrons. The molecule has 2 aromatic rings. The number of aromatic nitrogens is 2. The molecule has 0 spiro atoms. The molecule has 0 saturated heterocycles. The first-order valence-electron chi connectivity index (χ1n) is 8.04. The predicted molar refractivity (Wildman–Crippen MR) is 93.4 cm³/mol. The SMILES string of the molecule is CCc1[nH]nc2c1[C@H](c1cc(OC)c(OC)c(OC)c1)C(C#N)=C(N)O2. The number of rotatable bonds is 5. The summed E-state index contributed by atoms with van der Waals surface area (Å²) in [6.07, 6.45) is 0.700. The van der Waals surface area contributed by atoms with Crippen molar-refractivity contribution in [1.29, 1.82) is 5.26 Å². The lowest BCUT2D eigenvalue weighted by Gasteiger charge is -2.25. The van der Waals surface area contributed by atoms with Gasteiger partial charge in [-0.05, 0) is 24.1 Å². The lowest BCUT2D eigenvalue weighted by Crippen LogP contribution is -2.21. The maximum absolute atomic E-state index is 9.69. The highest BCUT2D eigenvalue weighted by atomic mass is 16.5. The summed E-state index contributed by atoms with van der Waals surface area (Å²) >= 11 is 0. The van der Waals surface area contributed by atoms with Crippen LogP contribution < -0.4 is 24.7 Å². The molecule has 0 aliphatic carbocycles. The van der Waals surface area contributed by atoms with E-state index in [-0.39, 0.29) is 5.88 Å². The number of aromatic amines is 1. The van der Waals surface area contributed by atoms with Gasteiger partial charge in [-0.25, -0.2) is 0 Å². The van der Waals surface area contributed by atoms with E-state index >= 15 is 0 Å². The summed E-state index contributed by atoms with van der Waals surface area (Å²) in [6.45, 7) is 1.99. The van der Waals surface area contributed by atoms with Crippen LogP contribution in [0.25, 0.3) is 0 Å². The smallest absolute Gasteiger partial charge is 0.244 e. The van der Waals surface area contributed by atoms with E-state index in [0.717, 1.165) is 16.8 Å². The van der Waals surface area contributed by atoms with E-state index in [1.54, 1.807) is 26.4 Å². The maximum atomic E-state index is 9.69. The van der Waals surface area contributed by atoms with E-state index in [9.17, 15) is 5.26 Å². The van der Waals surface area contributed by atoms with E-state index in [2.05, 4.69) is 16.3 Å². The van der Waals surface area contributed by atoms with E-state index in [1.807, 2.05) is 6.92 Å². The van der Waals surface area contributed by atoms with Gasteiger partial charge in [-0.2, -0.15) is 5.26 Å². The molecule has 26 heavy (non-hydrogen) atoms. The highest BCUT2D eigenvalue weighted by Gasteiger charge is 2.35. The fourth-order valence-electron chi connectivity index (χ4n) is 3.18. The van der Waals surface area contributed by atoms with Crippen molar-refractivity contribution in [2.45, 2.75) is 19.3 Å². The van der Waals surface area contributed by atoms with Crippen LogP contribution in [0.15, 0.2) is 23.6 Å². The summed E-state index contributed by atoms with van der Waals surface area (Å²) in [5.41, 5.74) is 8.70. The number of ether oxygens (including phenoxy) is 4. The Hall–Kier alpha value is -3.34. The molecule has 1 aromatic heterocycles. The van der Waals surface area contributed by atoms with Gasteiger partial charge < -0.3 is 24.7 Å². The second-order valence-corrected chi connectivity index (χ2v) is 5.66. The highest BCUT2D eigenvalue weighted by Crippen LogP contribution is 2.47. The zero-order chi connectivity index (χ0) is 18.8. The summed E-state index contributed by atoms with van der Waals surface area (Å²) in [7, 11) is 4.62. The summed E-state index contributed by atoms with van der Waals surface area (Å²) in [4.78, 5) is 0. The molecule has 136 valence electrons. The van der Waals surface area contributed by atoms with Crippen LogP contribution in [0.3, 0.4) is 0 Å². The molecule has 1 aliphatic heterocycles. The molecule has 2 heterocycles. The van der Waals surface area contributed by atoms with E-state index < -0.39 is 5.92 Å². The van der Waals surface area contributed by atoms with Gasteiger partial charge >= 0.3 is 0 Å². The molecule has 0 unspecified atom stereocenters. The van der Waals surface area contributed by atoms with Gasteiger partial charge in [-0.15, -0.1) is 5.10 Å². The van der Waals surface area contributed by atoms with E-state index in [0.29, 0.717) is 35.1 Å². The first-order valence-corrected chi connectivity index (χ1v) is 8.04. The second-order valence-electron chi connectivity index (χ2n) is 5.66. The normalized spacial score (nSPS) is 15.7. The molecule has 0 saturated carbocycles. The average molecular weight is 356 g/mol. The number of nitrogens with two attached hydrogens (primary N) is 1. The predicted octanol–water partition coefficient (Wildman–Crippen LogP) is 2.22. The van der Waals surface area contributed by atoms with Gasteiger partial charge in [0, 0.05) is 11.3 Å². The third-order valence-corrected chi connectivity index (χ3v) is 4.39. The van der Waals surface area contributed by atoms with Crippen LogP contribution in [0.5, 0.6) is 23.1 Å². The standard InChI is InChI=1S/C18H20N4O4/c1-5-11-15-14(10(8-19)17(20)26-18(15)22-21-11)9-6-12(23-2)16(25-4)13(7-9)24-3/h6-7,14H,5,20H2,1-4H3,(H,21,22)/t14-/m1/s1.